The molecule has 2 aromatic heterocycles. The van der Waals surface area contributed by atoms with E-state index in [1.165, 1.54) is 23.3 Å². The summed E-state index contributed by atoms with van der Waals surface area (Å²) in [6, 6.07) is 18.3. The Kier molecular flexibility index (Phi) is 8.27. The van der Waals surface area contributed by atoms with E-state index in [2.05, 4.69) is 51.5 Å². The molecule has 4 aromatic rings. The van der Waals surface area contributed by atoms with Crippen molar-refractivity contribution < 1.29 is 4.74 Å². The molecule has 1 aliphatic rings. The monoisotopic (exact) mass is 518 g/mol. The van der Waals surface area contributed by atoms with Crippen LogP contribution in [0.25, 0.3) is 15.7 Å². The molecule has 0 unspecified atom stereocenters. The van der Waals surface area contributed by atoms with Gasteiger partial charge in [-0.2, -0.15) is 9.67 Å². The van der Waals surface area contributed by atoms with E-state index in [9.17, 15) is 0 Å². The number of ether oxygens (including phenoxy) is 1. The Morgan fingerprint density at radius 2 is 1.76 bits per heavy atom. The van der Waals surface area contributed by atoms with E-state index < -0.39 is 0 Å². The van der Waals surface area contributed by atoms with Crippen LogP contribution in [-0.2, 0) is 6.54 Å². The van der Waals surface area contributed by atoms with Gasteiger partial charge in [-0.3, -0.25) is 0 Å². The first-order valence-corrected chi connectivity index (χ1v) is 13.7. The topological polar surface area (TPSA) is 84.2 Å². The summed E-state index contributed by atoms with van der Waals surface area (Å²) in [4.78, 5) is 9.28. The highest BCUT2D eigenvalue weighted by atomic mass is 32.1. The third-order valence-electron chi connectivity index (χ3n) is 6.25. The van der Waals surface area contributed by atoms with E-state index in [4.69, 9.17) is 14.8 Å². The molecule has 0 spiro atoms. The highest BCUT2D eigenvalue weighted by Gasteiger charge is 2.22. The van der Waals surface area contributed by atoms with E-state index in [-0.39, 0.29) is 0 Å². The molecule has 194 valence electrons. The summed E-state index contributed by atoms with van der Waals surface area (Å²) in [5, 5.41) is 18.8. The number of anilines is 2. The van der Waals surface area contributed by atoms with Gasteiger partial charge in [0.15, 0.2) is 5.01 Å². The molecule has 0 amide bonds. The van der Waals surface area contributed by atoms with Gasteiger partial charge in [0, 0.05) is 26.2 Å². The molecule has 1 N–H and O–H groups in total. The zero-order valence-corrected chi connectivity index (χ0v) is 22.3. The molecule has 9 nitrogen and oxygen atoms in total. The minimum Gasteiger partial charge on any atom is -0.493 e. The summed E-state index contributed by atoms with van der Waals surface area (Å²) in [6.45, 7) is 4.23. The van der Waals surface area contributed by atoms with Crippen molar-refractivity contribution >= 4 is 23.2 Å². The lowest BCUT2D eigenvalue weighted by atomic mass is 10.1. The number of nitrogens with zero attached hydrogens (tertiary/aromatic N) is 7. The van der Waals surface area contributed by atoms with Crippen molar-refractivity contribution in [3.63, 3.8) is 0 Å². The molecule has 0 atom stereocenters. The molecule has 5 rings (SSSR count). The summed E-state index contributed by atoms with van der Waals surface area (Å²) < 4.78 is 7.90. The fraction of sp³-hybridized carbons (Fsp3) is 0.407. The summed E-state index contributed by atoms with van der Waals surface area (Å²) in [5.74, 6) is 2.22. The lowest BCUT2D eigenvalue weighted by Crippen LogP contribution is -2.30. The van der Waals surface area contributed by atoms with Crippen LogP contribution in [0.4, 0.5) is 11.9 Å². The SMILES string of the molecule is CN(C)CCCOc1ccccc1-c1nnc(-n2nc(N3CCCCC3)nc2NCc2ccccc2)s1. The van der Waals surface area contributed by atoms with Gasteiger partial charge in [-0.05, 0) is 57.5 Å². The summed E-state index contributed by atoms with van der Waals surface area (Å²) in [7, 11) is 4.14. The lowest BCUT2D eigenvalue weighted by molar-refractivity contribution is 0.282. The van der Waals surface area contributed by atoms with E-state index in [1.807, 2.05) is 42.5 Å². The van der Waals surface area contributed by atoms with E-state index in [0.717, 1.165) is 61.2 Å². The summed E-state index contributed by atoms with van der Waals surface area (Å²) >= 11 is 1.48. The number of rotatable bonds is 11. The molecular weight excluding hydrogens is 484 g/mol. The first-order chi connectivity index (χ1) is 18.2. The van der Waals surface area contributed by atoms with Gasteiger partial charge in [-0.1, -0.05) is 53.8 Å². The smallest absolute Gasteiger partial charge is 0.247 e. The van der Waals surface area contributed by atoms with E-state index in [1.54, 1.807) is 4.68 Å². The number of hydrogen-bond donors (Lipinski definition) is 1. The minimum absolute atomic E-state index is 0.647. The molecule has 1 fully saturated rings. The van der Waals surface area contributed by atoms with Gasteiger partial charge < -0.3 is 19.9 Å². The number of nitrogens with one attached hydrogen (secondary N) is 1. The van der Waals surface area contributed by atoms with Gasteiger partial charge in [0.2, 0.25) is 17.0 Å². The number of para-hydroxylation sites is 1. The van der Waals surface area contributed by atoms with Crippen molar-refractivity contribution in [1.29, 1.82) is 0 Å². The summed E-state index contributed by atoms with van der Waals surface area (Å²) in [5.41, 5.74) is 2.11. The standard InChI is InChI=1S/C27H34N8OS/c1-33(2)16-11-19-36-23-15-8-7-14-22(23)24-30-31-27(37-24)35-25(28-20-21-12-5-3-6-13-21)29-26(32-35)34-17-9-4-10-18-34/h3,5-8,12-15H,4,9-11,16-20H2,1-2H3,(H,28,29,32). The second-order valence-corrected chi connectivity index (χ2v) is 10.4. The predicted molar refractivity (Wildman–Crippen MR) is 149 cm³/mol. The van der Waals surface area contributed by atoms with Gasteiger partial charge in [-0.15, -0.1) is 15.3 Å². The van der Waals surface area contributed by atoms with E-state index in [0.29, 0.717) is 24.2 Å². The van der Waals surface area contributed by atoms with Crippen LogP contribution in [0.2, 0.25) is 0 Å². The number of aromatic nitrogens is 5. The van der Waals surface area contributed by atoms with Crippen molar-refractivity contribution in [1.82, 2.24) is 29.9 Å². The second-order valence-electron chi connectivity index (χ2n) is 9.43. The van der Waals surface area contributed by atoms with Crippen LogP contribution in [0.1, 0.15) is 31.2 Å². The zero-order chi connectivity index (χ0) is 25.5. The molecule has 0 radical (unpaired) electrons. The van der Waals surface area contributed by atoms with Crippen LogP contribution in [0.5, 0.6) is 5.75 Å². The van der Waals surface area contributed by atoms with Gasteiger partial charge in [-0.25, -0.2) is 0 Å². The van der Waals surface area contributed by atoms with Crippen LogP contribution >= 0.6 is 11.3 Å². The molecule has 3 heterocycles. The highest BCUT2D eigenvalue weighted by Crippen LogP contribution is 2.34. The third-order valence-corrected chi connectivity index (χ3v) is 7.18. The number of hydrogen-bond acceptors (Lipinski definition) is 9. The van der Waals surface area contributed by atoms with Gasteiger partial charge in [0.1, 0.15) is 5.75 Å². The van der Waals surface area contributed by atoms with Crippen LogP contribution in [0, 0.1) is 0 Å². The highest BCUT2D eigenvalue weighted by molar-refractivity contribution is 7.17. The first kappa shape index (κ1) is 25.2. The average Bonchev–Trinajstić information content (AvgIpc) is 3.59. The zero-order valence-electron chi connectivity index (χ0n) is 21.5. The van der Waals surface area contributed by atoms with Gasteiger partial charge in [0.25, 0.3) is 0 Å². The molecule has 0 aliphatic carbocycles. The van der Waals surface area contributed by atoms with E-state index >= 15 is 0 Å². The molecular formula is C27H34N8OS. The largest absolute Gasteiger partial charge is 0.493 e. The second kappa shape index (κ2) is 12.2. The maximum absolute atomic E-state index is 6.11. The maximum Gasteiger partial charge on any atom is 0.247 e. The average molecular weight is 519 g/mol. The van der Waals surface area contributed by atoms with Crippen molar-refractivity contribution in [2.75, 3.05) is 50.6 Å². The predicted octanol–water partition coefficient (Wildman–Crippen LogP) is 4.72. The fourth-order valence-corrected chi connectivity index (χ4v) is 5.12. The third kappa shape index (κ3) is 6.44. The Morgan fingerprint density at radius 1 is 0.973 bits per heavy atom. The van der Waals surface area contributed by atoms with Crippen molar-refractivity contribution in [3.8, 4) is 21.5 Å². The molecule has 37 heavy (non-hydrogen) atoms. The van der Waals surface area contributed by atoms with Crippen LogP contribution < -0.4 is 15.0 Å². The first-order valence-electron chi connectivity index (χ1n) is 12.9. The Morgan fingerprint density at radius 3 is 2.57 bits per heavy atom. The lowest BCUT2D eigenvalue weighted by Gasteiger charge is -2.24. The van der Waals surface area contributed by atoms with Crippen molar-refractivity contribution in [2.24, 2.45) is 0 Å². The van der Waals surface area contributed by atoms with Gasteiger partial charge in [0.05, 0.1) is 12.2 Å². The Bertz CT molecular complexity index is 1270. The maximum atomic E-state index is 6.11. The Labute approximate surface area is 222 Å². The molecule has 1 aliphatic heterocycles. The summed E-state index contributed by atoms with van der Waals surface area (Å²) in [6.07, 6.45) is 4.54. The van der Waals surface area contributed by atoms with Crippen LogP contribution in [0.15, 0.2) is 54.6 Å². The normalized spacial score (nSPS) is 13.8. The van der Waals surface area contributed by atoms with Crippen molar-refractivity contribution in [3.05, 3.63) is 60.2 Å². The Hall–Kier alpha value is -3.50. The minimum atomic E-state index is 0.647. The quantitative estimate of drug-likeness (QED) is 0.286. The number of benzene rings is 2. The van der Waals surface area contributed by atoms with Crippen LogP contribution in [-0.4, -0.2) is 70.2 Å². The van der Waals surface area contributed by atoms with Crippen molar-refractivity contribution in [2.45, 2.75) is 32.2 Å². The molecule has 2 aromatic carbocycles. The Balaban J connectivity index is 1.39. The molecule has 0 saturated carbocycles. The van der Waals surface area contributed by atoms with Crippen LogP contribution in [0.3, 0.4) is 0 Å². The molecule has 0 bridgehead atoms. The molecule has 10 heteroatoms. The fourth-order valence-electron chi connectivity index (χ4n) is 4.30. The molecule has 1 saturated heterocycles. The number of piperidine rings is 1. The van der Waals surface area contributed by atoms with Gasteiger partial charge >= 0.3 is 0 Å².